The first-order valence-electron chi connectivity index (χ1n) is 9.49. The second kappa shape index (κ2) is 7.86. The summed E-state index contributed by atoms with van der Waals surface area (Å²) in [6.45, 7) is 6.20. The Bertz CT molecular complexity index is 864. The molecule has 1 aliphatic carbocycles. The SMILES string of the molecule is Cc1cc(N(CC(C)C)c2ccc(C(O)=C3CCC3)cn2)cc(C(F)(F)F)c1. The molecule has 1 aromatic heterocycles. The van der Waals surface area contributed by atoms with Crippen LogP contribution < -0.4 is 4.90 Å². The number of aromatic nitrogens is 1. The van der Waals surface area contributed by atoms with Gasteiger partial charge in [0.25, 0.3) is 0 Å². The van der Waals surface area contributed by atoms with Crippen LogP contribution >= 0.6 is 0 Å². The van der Waals surface area contributed by atoms with Crippen molar-refractivity contribution in [3.63, 3.8) is 0 Å². The fourth-order valence-electron chi connectivity index (χ4n) is 3.26. The van der Waals surface area contributed by atoms with Gasteiger partial charge in [0.1, 0.15) is 11.6 Å². The lowest BCUT2D eigenvalue weighted by molar-refractivity contribution is -0.137. The van der Waals surface area contributed by atoms with Gasteiger partial charge in [-0.3, -0.25) is 0 Å². The molecule has 1 fully saturated rings. The lowest BCUT2D eigenvalue weighted by Gasteiger charge is -2.27. The van der Waals surface area contributed by atoms with E-state index in [1.54, 1.807) is 36.2 Å². The molecule has 150 valence electrons. The van der Waals surface area contributed by atoms with E-state index in [0.717, 1.165) is 30.9 Å². The van der Waals surface area contributed by atoms with Crippen LogP contribution in [0.5, 0.6) is 0 Å². The van der Waals surface area contributed by atoms with E-state index in [0.29, 0.717) is 29.2 Å². The zero-order valence-corrected chi connectivity index (χ0v) is 16.3. The third-order valence-electron chi connectivity index (χ3n) is 4.84. The van der Waals surface area contributed by atoms with Crippen LogP contribution in [0, 0.1) is 12.8 Å². The second-order valence-electron chi connectivity index (χ2n) is 7.77. The van der Waals surface area contributed by atoms with Crippen molar-refractivity contribution in [1.82, 2.24) is 4.98 Å². The number of alkyl halides is 3. The Hall–Kier alpha value is -2.50. The molecule has 0 bridgehead atoms. The predicted octanol–water partition coefficient (Wildman–Crippen LogP) is 6.66. The minimum atomic E-state index is -4.40. The number of hydrogen-bond acceptors (Lipinski definition) is 3. The quantitative estimate of drug-likeness (QED) is 0.580. The summed E-state index contributed by atoms with van der Waals surface area (Å²) in [4.78, 5) is 6.24. The first kappa shape index (κ1) is 20.2. The molecule has 6 heteroatoms. The molecule has 0 atom stereocenters. The summed E-state index contributed by atoms with van der Waals surface area (Å²) in [5, 5.41) is 10.3. The normalized spacial score (nSPS) is 14.2. The van der Waals surface area contributed by atoms with Crippen LogP contribution in [0.2, 0.25) is 0 Å². The summed E-state index contributed by atoms with van der Waals surface area (Å²) in [5.74, 6) is 1.06. The van der Waals surface area contributed by atoms with Crippen molar-refractivity contribution in [3.05, 3.63) is 58.8 Å². The number of benzene rings is 1. The molecule has 1 aromatic carbocycles. The molecule has 3 rings (SSSR count). The molecule has 1 N–H and O–H groups in total. The Morgan fingerprint density at radius 1 is 1.18 bits per heavy atom. The zero-order valence-electron chi connectivity index (χ0n) is 16.3. The molecule has 1 saturated carbocycles. The number of pyridine rings is 1. The average molecular weight is 390 g/mol. The minimum absolute atomic E-state index is 0.224. The number of rotatable bonds is 5. The van der Waals surface area contributed by atoms with Crippen molar-refractivity contribution >= 4 is 17.3 Å². The van der Waals surface area contributed by atoms with E-state index in [1.165, 1.54) is 6.07 Å². The van der Waals surface area contributed by atoms with Crippen LogP contribution in [0.1, 0.15) is 49.8 Å². The molecule has 0 radical (unpaired) electrons. The van der Waals surface area contributed by atoms with Gasteiger partial charge in [0.05, 0.1) is 5.56 Å². The molecule has 0 amide bonds. The van der Waals surface area contributed by atoms with Gasteiger partial charge in [0, 0.05) is 24.0 Å². The van der Waals surface area contributed by atoms with Gasteiger partial charge in [-0.1, -0.05) is 13.8 Å². The number of allylic oxidation sites excluding steroid dienone is 1. The lowest BCUT2D eigenvalue weighted by Crippen LogP contribution is -2.24. The van der Waals surface area contributed by atoms with Gasteiger partial charge in [-0.05, 0) is 73.6 Å². The Balaban J connectivity index is 1.98. The van der Waals surface area contributed by atoms with Crippen LogP contribution in [0.15, 0.2) is 42.1 Å². The third kappa shape index (κ3) is 4.49. The number of aliphatic hydroxyl groups is 1. The fourth-order valence-corrected chi connectivity index (χ4v) is 3.26. The maximum Gasteiger partial charge on any atom is 0.416 e. The lowest BCUT2D eigenvalue weighted by atomic mass is 9.90. The molecule has 0 aliphatic heterocycles. The summed E-state index contributed by atoms with van der Waals surface area (Å²) in [6.07, 6.45) is 0.0706. The number of aliphatic hydroxyl groups excluding tert-OH is 1. The summed E-state index contributed by atoms with van der Waals surface area (Å²) in [7, 11) is 0. The molecule has 0 spiro atoms. The smallest absolute Gasteiger partial charge is 0.416 e. The minimum Gasteiger partial charge on any atom is -0.507 e. The van der Waals surface area contributed by atoms with Gasteiger partial charge in [0.2, 0.25) is 0 Å². The van der Waals surface area contributed by atoms with E-state index in [-0.39, 0.29) is 11.7 Å². The molecular weight excluding hydrogens is 365 g/mol. The van der Waals surface area contributed by atoms with Crippen LogP contribution in [0.25, 0.3) is 5.76 Å². The molecule has 0 unspecified atom stereocenters. The van der Waals surface area contributed by atoms with Gasteiger partial charge in [-0.15, -0.1) is 0 Å². The Morgan fingerprint density at radius 3 is 2.39 bits per heavy atom. The molecule has 3 nitrogen and oxygen atoms in total. The summed E-state index contributed by atoms with van der Waals surface area (Å²) in [6, 6.07) is 7.58. The number of hydrogen-bond donors (Lipinski definition) is 1. The van der Waals surface area contributed by atoms with Crippen molar-refractivity contribution in [2.75, 3.05) is 11.4 Å². The van der Waals surface area contributed by atoms with Gasteiger partial charge in [-0.2, -0.15) is 13.2 Å². The van der Waals surface area contributed by atoms with Gasteiger partial charge >= 0.3 is 6.18 Å². The maximum atomic E-state index is 13.3. The first-order chi connectivity index (χ1) is 13.1. The van der Waals surface area contributed by atoms with Crippen LogP contribution in [-0.4, -0.2) is 16.6 Å². The highest BCUT2D eigenvalue weighted by Gasteiger charge is 2.31. The number of anilines is 2. The second-order valence-corrected chi connectivity index (χ2v) is 7.77. The van der Waals surface area contributed by atoms with E-state index in [2.05, 4.69) is 4.98 Å². The van der Waals surface area contributed by atoms with Crippen molar-refractivity contribution in [2.24, 2.45) is 5.92 Å². The van der Waals surface area contributed by atoms with E-state index >= 15 is 0 Å². The fraction of sp³-hybridized carbons (Fsp3) is 0.409. The first-order valence-corrected chi connectivity index (χ1v) is 9.49. The largest absolute Gasteiger partial charge is 0.507 e. The van der Waals surface area contributed by atoms with Crippen LogP contribution in [-0.2, 0) is 6.18 Å². The highest BCUT2D eigenvalue weighted by Crippen LogP contribution is 2.36. The van der Waals surface area contributed by atoms with Gasteiger partial charge < -0.3 is 10.0 Å². The summed E-state index contributed by atoms with van der Waals surface area (Å²) < 4.78 is 39.8. The standard InChI is InChI=1S/C22H25F3N2O/c1-14(2)13-27(19-10-15(3)9-18(11-19)22(23,24)25)20-8-7-17(12-26-20)21(28)16-5-4-6-16/h7-12,14,28H,4-6,13H2,1-3H3. The average Bonchev–Trinajstić information content (AvgIpc) is 2.57. The van der Waals surface area contributed by atoms with E-state index in [4.69, 9.17) is 0 Å². The Morgan fingerprint density at radius 2 is 1.89 bits per heavy atom. The topological polar surface area (TPSA) is 36.4 Å². The monoisotopic (exact) mass is 390 g/mol. The van der Waals surface area contributed by atoms with Crippen molar-refractivity contribution in [2.45, 2.75) is 46.2 Å². The van der Waals surface area contributed by atoms with E-state index < -0.39 is 11.7 Å². The van der Waals surface area contributed by atoms with Crippen LogP contribution in [0.3, 0.4) is 0 Å². The molecular formula is C22H25F3N2O. The summed E-state index contributed by atoms with van der Waals surface area (Å²) in [5.41, 5.74) is 2.01. The zero-order chi connectivity index (χ0) is 20.5. The van der Waals surface area contributed by atoms with Crippen molar-refractivity contribution < 1.29 is 18.3 Å². The molecule has 28 heavy (non-hydrogen) atoms. The van der Waals surface area contributed by atoms with E-state index in [9.17, 15) is 18.3 Å². The molecule has 1 heterocycles. The highest BCUT2D eigenvalue weighted by molar-refractivity contribution is 5.66. The third-order valence-corrected chi connectivity index (χ3v) is 4.84. The van der Waals surface area contributed by atoms with Crippen molar-refractivity contribution in [1.29, 1.82) is 0 Å². The molecule has 1 aliphatic rings. The Labute approximate surface area is 163 Å². The molecule has 0 saturated heterocycles. The Kier molecular flexibility index (Phi) is 5.68. The number of aryl methyl sites for hydroxylation is 1. The van der Waals surface area contributed by atoms with Crippen LogP contribution in [0.4, 0.5) is 24.7 Å². The molecule has 2 aromatic rings. The van der Waals surface area contributed by atoms with Gasteiger partial charge in [0.15, 0.2) is 0 Å². The van der Waals surface area contributed by atoms with E-state index in [1.807, 2.05) is 13.8 Å². The number of nitrogens with zero attached hydrogens (tertiary/aromatic N) is 2. The maximum absolute atomic E-state index is 13.3. The summed E-state index contributed by atoms with van der Waals surface area (Å²) >= 11 is 0. The van der Waals surface area contributed by atoms with Gasteiger partial charge in [-0.25, -0.2) is 4.98 Å². The predicted molar refractivity (Wildman–Crippen MR) is 106 cm³/mol. The highest BCUT2D eigenvalue weighted by atomic mass is 19.4. The van der Waals surface area contributed by atoms with Crippen molar-refractivity contribution in [3.8, 4) is 0 Å². The number of halogens is 3.